The van der Waals surface area contributed by atoms with Gasteiger partial charge in [-0.15, -0.1) is 13.2 Å². The normalized spacial score (nSPS) is 11.0. The van der Waals surface area contributed by atoms with Gasteiger partial charge in [0, 0.05) is 17.8 Å². The zero-order valence-corrected chi connectivity index (χ0v) is 10.8. The number of carbonyl (C=O) groups is 1. The lowest BCUT2D eigenvalue weighted by Gasteiger charge is -2.11. The van der Waals surface area contributed by atoms with E-state index in [1.807, 2.05) is 0 Å². The van der Waals surface area contributed by atoms with E-state index >= 15 is 0 Å². The molecule has 1 aromatic carbocycles. The van der Waals surface area contributed by atoms with Gasteiger partial charge >= 0.3 is 6.36 Å². The van der Waals surface area contributed by atoms with Gasteiger partial charge in [0.05, 0.1) is 7.11 Å². The molecule has 1 heterocycles. The first-order chi connectivity index (χ1) is 9.89. The van der Waals surface area contributed by atoms with Crippen LogP contribution in [0, 0.1) is 0 Å². The van der Waals surface area contributed by atoms with Gasteiger partial charge in [0.1, 0.15) is 17.2 Å². The molecule has 21 heavy (non-hydrogen) atoms. The lowest BCUT2D eigenvalue weighted by atomic mass is 10.1. The minimum Gasteiger partial charge on any atom is -0.497 e. The maximum atomic E-state index is 12.3. The minimum atomic E-state index is -4.85. The van der Waals surface area contributed by atoms with E-state index in [4.69, 9.17) is 4.74 Å². The van der Waals surface area contributed by atoms with Gasteiger partial charge in [-0.3, -0.25) is 9.78 Å². The van der Waals surface area contributed by atoms with Crippen LogP contribution in [0.2, 0.25) is 0 Å². The van der Waals surface area contributed by atoms with Crippen molar-refractivity contribution in [2.45, 2.75) is 6.36 Å². The Balaban J connectivity index is 2.39. The second-order valence-corrected chi connectivity index (χ2v) is 3.99. The van der Waals surface area contributed by atoms with Crippen LogP contribution in [-0.4, -0.2) is 24.2 Å². The Kier molecular flexibility index (Phi) is 4.11. The van der Waals surface area contributed by atoms with E-state index in [2.05, 4.69) is 9.72 Å². The van der Waals surface area contributed by atoms with Gasteiger partial charge in [0.2, 0.25) is 5.78 Å². The van der Waals surface area contributed by atoms with Crippen molar-refractivity contribution in [3.05, 3.63) is 53.9 Å². The SMILES string of the molecule is COc1cc(OC(F)(F)F)cc(C(=O)c2ccccn2)c1. The monoisotopic (exact) mass is 297 g/mol. The molecule has 0 aliphatic carbocycles. The summed E-state index contributed by atoms with van der Waals surface area (Å²) in [6, 6.07) is 8.05. The molecule has 0 saturated carbocycles. The fourth-order valence-corrected chi connectivity index (χ4v) is 1.66. The van der Waals surface area contributed by atoms with Crippen molar-refractivity contribution in [3.63, 3.8) is 0 Å². The molecule has 0 unspecified atom stereocenters. The maximum Gasteiger partial charge on any atom is 0.573 e. The van der Waals surface area contributed by atoms with E-state index in [9.17, 15) is 18.0 Å². The highest BCUT2D eigenvalue weighted by molar-refractivity contribution is 6.08. The largest absolute Gasteiger partial charge is 0.573 e. The van der Waals surface area contributed by atoms with Gasteiger partial charge in [0.25, 0.3) is 0 Å². The topological polar surface area (TPSA) is 48.4 Å². The van der Waals surface area contributed by atoms with Crippen molar-refractivity contribution in [2.75, 3.05) is 7.11 Å². The Labute approximate surface area is 118 Å². The Morgan fingerprint density at radius 1 is 1.14 bits per heavy atom. The summed E-state index contributed by atoms with van der Waals surface area (Å²) in [7, 11) is 1.28. The number of alkyl halides is 3. The van der Waals surface area contributed by atoms with E-state index in [0.29, 0.717) is 0 Å². The van der Waals surface area contributed by atoms with Gasteiger partial charge < -0.3 is 9.47 Å². The molecule has 0 atom stereocenters. The summed E-state index contributed by atoms with van der Waals surface area (Å²) >= 11 is 0. The molecular formula is C14H10F3NO3. The Morgan fingerprint density at radius 3 is 2.43 bits per heavy atom. The molecule has 0 amide bonds. The summed E-state index contributed by atoms with van der Waals surface area (Å²) in [4.78, 5) is 16.0. The molecule has 4 nitrogen and oxygen atoms in total. The van der Waals surface area contributed by atoms with Gasteiger partial charge in [-0.05, 0) is 24.3 Å². The van der Waals surface area contributed by atoms with Crippen molar-refractivity contribution in [3.8, 4) is 11.5 Å². The minimum absolute atomic E-state index is 0.00713. The second kappa shape index (κ2) is 5.82. The van der Waals surface area contributed by atoms with Crippen LogP contribution >= 0.6 is 0 Å². The molecule has 0 spiro atoms. The molecule has 0 bridgehead atoms. The average molecular weight is 297 g/mol. The van der Waals surface area contributed by atoms with E-state index in [1.54, 1.807) is 12.1 Å². The van der Waals surface area contributed by atoms with Crippen LogP contribution < -0.4 is 9.47 Å². The predicted octanol–water partition coefficient (Wildman–Crippen LogP) is 3.22. The third kappa shape index (κ3) is 3.95. The van der Waals surface area contributed by atoms with Crippen molar-refractivity contribution < 1.29 is 27.4 Å². The highest BCUT2D eigenvalue weighted by Gasteiger charge is 2.31. The third-order valence-corrected chi connectivity index (χ3v) is 2.51. The molecule has 1 aromatic heterocycles. The zero-order valence-electron chi connectivity index (χ0n) is 10.8. The molecule has 0 saturated heterocycles. The number of hydrogen-bond donors (Lipinski definition) is 0. The molecule has 7 heteroatoms. The highest BCUT2D eigenvalue weighted by atomic mass is 19.4. The number of ether oxygens (including phenoxy) is 2. The number of methoxy groups -OCH3 is 1. The maximum absolute atomic E-state index is 12.3. The summed E-state index contributed by atoms with van der Waals surface area (Å²) in [5.41, 5.74) is 0.107. The van der Waals surface area contributed by atoms with Crippen LogP contribution in [0.5, 0.6) is 11.5 Å². The molecule has 0 N–H and O–H groups in total. The van der Waals surface area contributed by atoms with Crippen LogP contribution in [0.15, 0.2) is 42.6 Å². The molecule has 2 rings (SSSR count). The first-order valence-electron chi connectivity index (χ1n) is 5.79. The second-order valence-electron chi connectivity index (χ2n) is 3.99. The van der Waals surface area contributed by atoms with Crippen molar-refractivity contribution in [1.82, 2.24) is 4.98 Å². The number of nitrogens with zero attached hydrogens (tertiary/aromatic N) is 1. The van der Waals surface area contributed by atoms with E-state index in [1.165, 1.54) is 25.4 Å². The lowest BCUT2D eigenvalue weighted by molar-refractivity contribution is -0.274. The molecule has 0 radical (unpaired) electrons. The third-order valence-electron chi connectivity index (χ3n) is 2.51. The fraction of sp³-hybridized carbons (Fsp3) is 0.143. The number of pyridine rings is 1. The summed E-state index contributed by atoms with van der Waals surface area (Å²) in [5, 5.41) is 0. The molecule has 2 aromatic rings. The molecular weight excluding hydrogens is 287 g/mol. The zero-order chi connectivity index (χ0) is 15.5. The summed E-state index contributed by atoms with van der Waals surface area (Å²) in [6.45, 7) is 0. The molecule has 0 aliphatic heterocycles. The number of hydrogen-bond acceptors (Lipinski definition) is 4. The van der Waals surface area contributed by atoms with E-state index in [0.717, 1.165) is 12.1 Å². The van der Waals surface area contributed by atoms with Gasteiger partial charge in [-0.25, -0.2) is 0 Å². The van der Waals surface area contributed by atoms with Gasteiger partial charge in [-0.1, -0.05) is 6.07 Å². The van der Waals surface area contributed by atoms with Gasteiger partial charge in [-0.2, -0.15) is 0 Å². The highest BCUT2D eigenvalue weighted by Crippen LogP contribution is 2.28. The quantitative estimate of drug-likeness (QED) is 0.813. The standard InChI is InChI=1S/C14H10F3NO3/c1-20-10-6-9(7-11(8-10)21-14(15,16)17)13(19)12-4-2-3-5-18-12/h2-8H,1H3. The van der Waals surface area contributed by atoms with Crippen LogP contribution in [0.3, 0.4) is 0 Å². The summed E-state index contributed by atoms with van der Waals surface area (Å²) < 4.78 is 45.5. The fourth-order valence-electron chi connectivity index (χ4n) is 1.66. The summed E-state index contributed by atoms with van der Waals surface area (Å²) in [6.07, 6.45) is -3.43. The lowest BCUT2D eigenvalue weighted by Crippen LogP contribution is -2.17. The van der Waals surface area contributed by atoms with Crippen molar-refractivity contribution in [2.24, 2.45) is 0 Å². The van der Waals surface area contributed by atoms with E-state index < -0.39 is 17.9 Å². The van der Waals surface area contributed by atoms with Crippen molar-refractivity contribution >= 4 is 5.78 Å². The van der Waals surface area contributed by atoms with Gasteiger partial charge in [0.15, 0.2) is 0 Å². The smallest absolute Gasteiger partial charge is 0.497 e. The first-order valence-corrected chi connectivity index (χ1v) is 5.79. The number of carbonyl (C=O) groups excluding carboxylic acids is 1. The van der Waals surface area contributed by atoms with E-state index in [-0.39, 0.29) is 17.0 Å². The predicted molar refractivity (Wildman–Crippen MR) is 67.3 cm³/mol. The number of aromatic nitrogens is 1. The molecule has 0 fully saturated rings. The number of benzene rings is 1. The number of rotatable bonds is 4. The van der Waals surface area contributed by atoms with Crippen LogP contribution in [0.4, 0.5) is 13.2 Å². The number of halogens is 3. The Hall–Kier alpha value is -2.57. The molecule has 0 aliphatic rings. The first kappa shape index (κ1) is 14.8. The van der Waals surface area contributed by atoms with Crippen LogP contribution in [0.1, 0.15) is 16.1 Å². The van der Waals surface area contributed by atoms with Crippen molar-refractivity contribution in [1.29, 1.82) is 0 Å². The number of ketones is 1. The summed E-state index contributed by atoms with van der Waals surface area (Å²) in [5.74, 6) is -0.973. The molecule has 110 valence electrons. The van der Waals surface area contributed by atoms with Crippen LogP contribution in [-0.2, 0) is 0 Å². The van der Waals surface area contributed by atoms with Crippen LogP contribution in [0.25, 0.3) is 0 Å². The Morgan fingerprint density at radius 2 is 1.86 bits per heavy atom. The average Bonchev–Trinajstić information content (AvgIpc) is 2.45. The Bertz CT molecular complexity index is 642.